The van der Waals surface area contributed by atoms with Crippen molar-refractivity contribution >= 4 is 0 Å². The van der Waals surface area contributed by atoms with Crippen LogP contribution < -0.4 is 0 Å². The highest BCUT2D eigenvalue weighted by Gasteiger charge is 2.09. The number of phenolic OH excluding ortho intramolecular Hbond substituents is 2. The second-order valence-electron chi connectivity index (χ2n) is 6.64. The summed E-state index contributed by atoms with van der Waals surface area (Å²) in [5, 5.41) is 20.4. The summed E-state index contributed by atoms with van der Waals surface area (Å²) >= 11 is 0. The number of rotatable bonds is 9. The van der Waals surface area contributed by atoms with E-state index in [0.29, 0.717) is 12.0 Å². The van der Waals surface area contributed by atoms with Crippen molar-refractivity contribution in [1.82, 2.24) is 0 Å². The van der Waals surface area contributed by atoms with Crippen molar-refractivity contribution in [1.29, 1.82) is 0 Å². The first-order valence-corrected chi connectivity index (χ1v) is 8.76. The van der Waals surface area contributed by atoms with Crippen LogP contribution in [-0.2, 0) is 12.8 Å². The van der Waals surface area contributed by atoms with Gasteiger partial charge in [0.25, 0.3) is 0 Å². The van der Waals surface area contributed by atoms with Gasteiger partial charge in [-0.2, -0.15) is 0 Å². The first-order valence-electron chi connectivity index (χ1n) is 8.76. The Morgan fingerprint density at radius 3 is 1.68 bits per heavy atom. The van der Waals surface area contributed by atoms with Crippen LogP contribution in [0.25, 0.3) is 0 Å². The summed E-state index contributed by atoms with van der Waals surface area (Å²) < 4.78 is 0. The van der Waals surface area contributed by atoms with Crippen LogP contribution >= 0.6 is 0 Å². The third kappa shape index (κ3) is 21.3. The lowest BCUT2D eigenvalue weighted by Gasteiger charge is -2.09. The third-order valence-electron chi connectivity index (χ3n) is 4.08. The van der Waals surface area contributed by atoms with Crippen molar-refractivity contribution in [2.75, 3.05) is 0 Å². The SMILES string of the molecule is C.C.C.C.C.C.C.C.CCCCCc1cc(O)c(C/C=C(\C)CCC=C(C)C)c(O)c1. The van der Waals surface area contributed by atoms with Gasteiger partial charge in [-0.05, 0) is 70.6 Å². The van der Waals surface area contributed by atoms with E-state index >= 15 is 0 Å². The van der Waals surface area contributed by atoms with Crippen molar-refractivity contribution in [3.8, 4) is 11.5 Å². The van der Waals surface area contributed by atoms with Crippen molar-refractivity contribution < 1.29 is 10.2 Å². The Kier molecular flexibility index (Phi) is 47.2. The van der Waals surface area contributed by atoms with E-state index < -0.39 is 0 Å². The Balaban J connectivity index is -0.000000110. The minimum absolute atomic E-state index is 0. The lowest BCUT2D eigenvalue weighted by atomic mass is 10.0. The van der Waals surface area contributed by atoms with Crippen LogP contribution in [0.5, 0.6) is 11.5 Å². The Bertz CT molecular complexity index is 527. The molecule has 0 spiro atoms. The predicted molar refractivity (Wildman–Crippen MR) is 153 cm³/mol. The zero-order valence-electron chi connectivity index (χ0n) is 15.2. The molecule has 0 radical (unpaired) electrons. The summed E-state index contributed by atoms with van der Waals surface area (Å²) in [7, 11) is 0. The zero-order valence-corrected chi connectivity index (χ0v) is 15.2. The van der Waals surface area contributed by atoms with Gasteiger partial charge in [0.2, 0.25) is 0 Å². The highest BCUT2D eigenvalue weighted by Crippen LogP contribution is 2.30. The number of benzene rings is 1. The molecular weight excluding hydrogens is 380 g/mol. The summed E-state index contributed by atoms with van der Waals surface area (Å²) in [4.78, 5) is 0. The van der Waals surface area contributed by atoms with Gasteiger partial charge in [0.05, 0.1) is 0 Å². The Morgan fingerprint density at radius 1 is 0.774 bits per heavy atom. The number of hydrogen-bond acceptors (Lipinski definition) is 2. The van der Waals surface area contributed by atoms with E-state index in [-0.39, 0.29) is 70.9 Å². The molecular formula is C29H64O2. The molecule has 0 aliphatic heterocycles. The molecule has 1 rings (SSSR count). The van der Waals surface area contributed by atoms with Crippen LogP contribution in [0, 0.1) is 0 Å². The molecule has 0 fully saturated rings. The van der Waals surface area contributed by atoms with Gasteiger partial charge in [0, 0.05) is 5.56 Å². The lowest BCUT2D eigenvalue weighted by Crippen LogP contribution is -1.91. The van der Waals surface area contributed by atoms with Gasteiger partial charge >= 0.3 is 0 Å². The fraction of sp³-hybridized carbons (Fsp3) is 0.655. The molecule has 2 heteroatoms. The van der Waals surface area contributed by atoms with Crippen LogP contribution in [0.1, 0.15) is 130 Å². The monoisotopic (exact) mass is 444 g/mol. The summed E-state index contributed by atoms with van der Waals surface area (Å²) in [6.45, 7) is 8.49. The van der Waals surface area contributed by atoms with E-state index in [1.54, 1.807) is 12.1 Å². The lowest BCUT2D eigenvalue weighted by molar-refractivity contribution is 0.439. The third-order valence-corrected chi connectivity index (χ3v) is 4.08. The summed E-state index contributed by atoms with van der Waals surface area (Å²) in [5.41, 5.74) is 4.27. The van der Waals surface area contributed by atoms with Crippen molar-refractivity contribution in [3.63, 3.8) is 0 Å². The molecule has 0 aromatic heterocycles. The minimum Gasteiger partial charge on any atom is -0.508 e. The van der Waals surface area contributed by atoms with Crippen LogP contribution in [0.15, 0.2) is 35.4 Å². The number of aromatic hydroxyl groups is 2. The first kappa shape index (κ1) is 51.7. The number of phenols is 2. The van der Waals surface area contributed by atoms with E-state index in [2.05, 4.69) is 39.8 Å². The highest BCUT2D eigenvalue weighted by molar-refractivity contribution is 5.47. The molecule has 0 bridgehead atoms. The van der Waals surface area contributed by atoms with Crippen LogP contribution in [-0.4, -0.2) is 10.2 Å². The molecule has 192 valence electrons. The topological polar surface area (TPSA) is 40.5 Å². The van der Waals surface area contributed by atoms with E-state index in [1.807, 2.05) is 0 Å². The second-order valence-corrected chi connectivity index (χ2v) is 6.64. The van der Waals surface area contributed by atoms with E-state index in [1.165, 1.54) is 24.0 Å². The smallest absolute Gasteiger partial charge is 0.123 e. The van der Waals surface area contributed by atoms with E-state index in [4.69, 9.17) is 0 Å². The highest BCUT2D eigenvalue weighted by atomic mass is 16.3. The fourth-order valence-electron chi connectivity index (χ4n) is 2.60. The van der Waals surface area contributed by atoms with Crippen LogP contribution in [0.3, 0.4) is 0 Å². The molecule has 0 heterocycles. The maximum absolute atomic E-state index is 10.2. The summed E-state index contributed by atoms with van der Waals surface area (Å²) in [5.74, 6) is 0.426. The Hall–Kier alpha value is -1.70. The zero-order chi connectivity index (χ0) is 17.2. The quantitative estimate of drug-likeness (QED) is 0.293. The van der Waals surface area contributed by atoms with Gasteiger partial charge in [-0.3, -0.25) is 0 Å². The van der Waals surface area contributed by atoms with Gasteiger partial charge in [-0.1, -0.05) is 102 Å². The molecule has 31 heavy (non-hydrogen) atoms. The predicted octanol–water partition coefficient (Wildman–Crippen LogP) is 11.2. The van der Waals surface area contributed by atoms with Gasteiger partial charge < -0.3 is 10.2 Å². The van der Waals surface area contributed by atoms with E-state index in [0.717, 1.165) is 31.2 Å². The molecule has 1 aromatic rings. The van der Waals surface area contributed by atoms with Crippen LogP contribution in [0.4, 0.5) is 0 Å². The molecule has 0 unspecified atom stereocenters. The number of unbranched alkanes of at least 4 members (excludes halogenated alkanes) is 2. The minimum atomic E-state index is 0. The molecule has 0 saturated carbocycles. The summed E-state index contributed by atoms with van der Waals surface area (Å²) in [6, 6.07) is 3.61. The van der Waals surface area contributed by atoms with Crippen molar-refractivity contribution in [2.45, 2.75) is 132 Å². The standard InChI is InChI=1S/C21H32O2.8CH4/c1-5-6-7-11-18-14-20(22)19(21(23)15-18)13-12-17(4)10-8-9-16(2)3;;;;;;;;/h9,12,14-15,22-23H,5-8,10-11,13H2,1-4H3;8*1H4/b17-12+;;;;;;;;. The maximum atomic E-state index is 10.2. The fourth-order valence-corrected chi connectivity index (χ4v) is 2.60. The average molecular weight is 445 g/mol. The summed E-state index contributed by atoms with van der Waals surface area (Å²) in [6.07, 6.45) is 11.3. The average Bonchev–Trinajstić information content (AvgIpc) is 2.46. The number of hydrogen-bond donors (Lipinski definition) is 2. The van der Waals surface area contributed by atoms with Gasteiger partial charge in [0.15, 0.2) is 0 Å². The number of allylic oxidation sites excluding steroid dienone is 4. The Morgan fingerprint density at radius 2 is 1.26 bits per heavy atom. The molecule has 0 amide bonds. The molecule has 0 atom stereocenters. The normalized spacial score (nSPS) is 8.58. The van der Waals surface area contributed by atoms with E-state index in [9.17, 15) is 10.2 Å². The molecule has 2 nitrogen and oxygen atoms in total. The number of aryl methyl sites for hydroxylation is 1. The van der Waals surface area contributed by atoms with Crippen LogP contribution in [0.2, 0.25) is 0 Å². The molecule has 1 aromatic carbocycles. The molecule has 0 saturated heterocycles. The van der Waals surface area contributed by atoms with Crippen molar-refractivity contribution in [3.05, 3.63) is 46.6 Å². The largest absolute Gasteiger partial charge is 0.508 e. The molecule has 0 aliphatic carbocycles. The van der Waals surface area contributed by atoms with Gasteiger partial charge in [0.1, 0.15) is 11.5 Å². The Labute approximate surface area is 200 Å². The second kappa shape index (κ2) is 28.3. The van der Waals surface area contributed by atoms with Gasteiger partial charge in [-0.15, -0.1) is 0 Å². The molecule has 0 aliphatic rings. The van der Waals surface area contributed by atoms with Crippen molar-refractivity contribution in [2.24, 2.45) is 0 Å². The van der Waals surface area contributed by atoms with Gasteiger partial charge in [-0.25, -0.2) is 0 Å². The molecule has 2 N–H and O–H groups in total. The maximum Gasteiger partial charge on any atom is 0.123 e. The first-order chi connectivity index (χ1) is 10.9.